The third-order valence-corrected chi connectivity index (χ3v) is 6.03. The molecule has 4 rings (SSSR count). The molecule has 2 heterocycles. The number of anilines is 1. The van der Waals surface area contributed by atoms with E-state index < -0.39 is 5.25 Å². The van der Waals surface area contributed by atoms with Crippen LogP contribution >= 0.6 is 11.8 Å². The van der Waals surface area contributed by atoms with Crippen LogP contribution in [0.2, 0.25) is 0 Å². The number of benzene rings is 2. The first-order valence-electron chi connectivity index (χ1n) is 9.77. The van der Waals surface area contributed by atoms with Gasteiger partial charge in [0, 0.05) is 18.4 Å². The second-order valence-corrected chi connectivity index (χ2v) is 7.98. The van der Waals surface area contributed by atoms with E-state index in [9.17, 15) is 4.79 Å². The minimum Gasteiger partial charge on any atom is -0.497 e. The topological polar surface area (TPSA) is 91.2 Å². The number of carbonyl (C=O) groups excluding carboxylic acids is 1. The van der Waals surface area contributed by atoms with Crippen molar-refractivity contribution in [2.45, 2.75) is 35.9 Å². The Bertz CT molecular complexity index is 976. The van der Waals surface area contributed by atoms with Gasteiger partial charge in [-0.3, -0.25) is 4.79 Å². The predicted molar refractivity (Wildman–Crippen MR) is 113 cm³/mol. The van der Waals surface area contributed by atoms with Crippen LogP contribution in [0.1, 0.15) is 23.7 Å². The number of thioether (sulfide) groups is 1. The fraction of sp³-hybridized carbons (Fsp3) is 0.333. The number of ether oxygens (including phenoxy) is 2. The molecule has 1 aliphatic rings. The maximum Gasteiger partial charge on any atom is 0.242 e. The lowest BCUT2D eigenvalue weighted by Gasteiger charge is -2.17. The van der Waals surface area contributed by atoms with Gasteiger partial charge in [0.05, 0.1) is 19.8 Å². The molecule has 1 amide bonds. The summed E-state index contributed by atoms with van der Waals surface area (Å²) in [6, 6.07) is 16.9. The molecule has 0 radical (unpaired) electrons. The zero-order valence-electron chi connectivity index (χ0n) is 16.6. The zero-order valence-corrected chi connectivity index (χ0v) is 17.4. The van der Waals surface area contributed by atoms with Crippen molar-refractivity contribution in [1.29, 1.82) is 0 Å². The second-order valence-electron chi connectivity index (χ2n) is 6.91. The van der Waals surface area contributed by atoms with Gasteiger partial charge in [-0.05, 0) is 41.0 Å². The van der Waals surface area contributed by atoms with Crippen molar-refractivity contribution in [2.75, 3.05) is 19.0 Å². The average Bonchev–Trinajstić information content (AvgIpc) is 3.45. The molecule has 1 aliphatic heterocycles. The molecule has 0 unspecified atom stereocenters. The van der Waals surface area contributed by atoms with Crippen LogP contribution in [0, 0.1) is 0 Å². The SMILES string of the molecule is COc1cccc(NC(=O)[C@@H](Sc2nnnn2C[C@@H]2CCCO2)c2ccccc2)c1. The van der Waals surface area contributed by atoms with E-state index in [0.717, 1.165) is 25.0 Å². The van der Waals surface area contributed by atoms with Crippen molar-refractivity contribution in [1.82, 2.24) is 20.2 Å². The Kier molecular flexibility index (Phi) is 6.60. The molecular weight excluding hydrogens is 402 g/mol. The minimum absolute atomic E-state index is 0.105. The van der Waals surface area contributed by atoms with Gasteiger partial charge < -0.3 is 14.8 Å². The van der Waals surface area contributed by atoms with E-state index in [2.05, 4.69) is 20.8 Å². The first kappa shape index (κ1) is 20.4. The molecule has 8 nitrogen and oxygen atoms in total. The Morgan fingerprint density at radius 1 is 1.30 bits per heavy atom. The summed E-state index contributed by atoms with van der Waals surface area (Å²) in [5.41, 5.74) is 1.54. The molecule has 9 heteroatoms. The van der Waals surface area contributed by atoms with Gasteiger partial charge in [-0.15, -0.1) is 5.10 Å². The van der Waals surface area contributed by atoms with Crippen LogP contribution in [0.3, 0.4) is 0 Å². The molecule has 0 aliphatic carbocycles. The fourth-order valence-electron chi connectivity index (χ4n) is 3.29. The molecule has 156 valence electrons. The first-order chi connectivity index (χ1) is 14.7. The van der Waals surface area contributed by atoms with Gasteiger partial charge >= 0.3 is 0 Å². The molecular formula is C21H23N5O3S. The highest BCUT2D eigenvalue weighted by Crippen LogP contribution is 2.35. The highest BCUT2D eigenvalue weighted by atomic mass is 32.2. The molecule has 2 aromatic carbocycles. The summed E-state index contributed by atoms with van der Waals surface area (Å²) in [7, 11) is 1.59. The Morgan fingerprint density at radius 3 is 2.93 bits per heavy atom. The minimum atomic E-state index is -0.522. The standard InChI is InChI=1S/C21H23N5O3S/c1-28-17-10-5-9-16(13-17)22-20(27)19(15-7-3-2-4-8-15)30-21-23-24-25-26(21)14-18-11-6-12-29-18/h2-5,7-10,13,18-19H,6,11-12,14H2,1H3,(H,22,27)/t18-,19-/m0/s1. The summed E-state index contributed by atoms with van der Waals surface area (Å²) in [4.78, 5) is 13.2. The van der Waals surface area contributed by atoms with Gasteiger partial charge in [0.25, 0.3) is 0 Å². The molecule has 0 bridgehead atoms. The lowest BCUT2D eigenvalue weighted by atomic mass is 10.1. The molecule has 2 atom stereocenters. The van der Waals surface area contributed by atoms with Crippen LogP contribution < -0.4 is 10.1 Å². The van der Waals surface area contributed by atoms with Crippen LogP contribution in [0.4, 0.5) is 5.69 Å². The number of hydrogen-bond donors (Lipinski definition) is 1. The lowest BCUT2D eigenvalue weighted by molar-refractivity contribution is -0.115. The lowest BCUT2D eigenvalue weighted by Crippen LogP contribution is -2.21. The van der Waals surface area contributed by atoms with Crippen LogP contribution in [0.5, 0.6) is 5.75 Å². The largest absolute Gasteiger partial charge is 0.497 e. The molecule has 0 saturated carbocycles. The molecule has 3 aromatic rings. The van der Waals surface area contributed by atoms with E-state index in [1.54, 1.807) is 17.9 Å². The van der Waals surface area contributed by atoms with Gasteiger partial charge in [-0.25, -0.2) is 4.68 Å². The van der Waals surface area contributed by atoms with Gasteiger partial charge in [0.2, 0.25) is 11.1 Å². The van der Waals surface area contributed by atoms with Gasteiger partial charge in [0.1, 0.15) is 11.0 Å². The maximum absolute atomic E-state index is 13.2. The van der Waals surface area contributed by atoms with Crippen molar-refractivity contribution in [3.8, 4) is 5.75 Å². The van der Waals surface area contributed by atoms with E-state index >= 15 is 0 Å². The van der Waals surface area contributed by atoms with E-state index in [1.807, 2.05) is 48.5 Å². The first-order valence-corrected chi connectivity index (χ1v) is 10.6. The number of tetrazole rings is 1. The van der Waals surface area contributed by atoms with Crippen molar-refractivity contribution in [2.24, 2.45) is 0 Å². The second kappa shape index (κ2) is 9.73. The summed E-state index contributed by atoms with van der Waals surface area (Å²) in [6.45, 7) is 1.35. The molecule has 0 spiro atoms. The van der Waals surface area contributed by atoms with Gasteiger partial charge in [0.15, 0.2) is 0 Å². The van der Waals surface area contributed by atoms with Crippen molar-refractivity contribution < 1.29 is 14.3 Å². The molecule has 1 saturated heterocycles. The Hall–Kier alpha value is -2.91. The molecule has 30 heavy (non-hydrogen) atoms. The molecule has 1 fully saturated rings. The van der Waals surface area contributed by atoms with Crippen molar-refractivity contribution >= 4 is 23.4 Å². The predicted octanol–water partition coefficient (Wildman–Crippen LogP) is 3.33. The van der Waals surface area contributed by atoms with E-state index in [4.69, 9.17) is 9.47 Å². The number of nitrogens with zero attached hydrogens (tertiary/aromatic N) is 4. The fourth-order valence-corrected chi connectivity index (χ4v) is 4.28. The van der Waals surface area contributed by atoms with Gasteiger partial charge in [-0.2, -0.15) is 0 Å². The highest BCUT2D eigenvalue weighted by molar-refractivity contribution is 8.00. The number of carbonyl (C=O) groups is 1. The monoisotopic (exact) mass is 425 g/mol. The average molecular weight is 426 g/mol. The number of methoxy groups -OCH3 is 1. The van der Waals surface area contributed by atoms with Gasteiger partial charge in [-0.1, -0.05) is 48.2 Å². The smallest absolute Gasteiger partial charge is 0.242 e. The van der Waals surface area contributed by atoms with Crippen LogP contribution in [-0.2, 0) is 16.1 Å². The van der Waals surface area contributed by atoms with Crippen LogP contribution in [-0.4, -0.2) is 45.9 Å². The Labute approximate surface area is 179 Å². The van der Waals surface area contributed by atoms with Crippen molar-refractivity contribution in [3.05, 3.63) is 60.2 Å². The summed E-state index contributed by atoms with van der Waals surface area (Å²) < 4.78 is 12.7. The molecule has 1 N–H and O–H groups in total. The van der Waals surface area contributed by atoms with Crippen LogP contribution in [0.15, 0.2) is 59.8 Å². The zero-order chi connectivity index (χ0) is 20.8. The number of nitrogens with one attached hydrogen (secondary N) is 1. The Balaban J connectivity index is 1.55. The van der Waals surface area contributed by atoms with E-state index in [-0.39, 0.29) is 12.0 Å². The number of aromatic nitrogens is 4. The van der Waals surface area contributed by atoms with Crippen molar-refractivity contribution in [3.63, 3.8) is 0 Å². The third-order valence-electron chi connectivity index (χ3n) is 4.80. The normalized spacial score (nSPS) is 16.9. The molecule has 1 aromatic heterocycles. The van der Waals surface area contributed by atoms with E-state index in [1.165, 1.54) is 11.8 Å². The number of rotatable bonds is 8. The summed E-state index contributed by atoms with van der Waals surface area (Å²) >= 11 is 1.32. The summed E-state index contributed by atoms with van der Waals surface area (Å²) in [5, 5.41) is 15.1. The van der Waals surface area contributed by atoms with Crippen LogP contribution in [0.25, 0.3) is 0 Å². The number of amides is 1. The highest BCUT2D eigenvalue weighted by Gasteiger charge is 2.26. The van der Waals surface area contributed by atoms with E-state index in [0.29, 0.717) is 23.1 Å². The quantitative estimate of drug-likeness (QED) is 0.554. The summed E-state index contributed by atoms with van der Waals surface area (Å²) in [5.74, 6) is 0.517. The Morgan fingerprint density at radius 2 is 2.17 bits per heavy atom. The maximum atomic E-state index is 13.2. The number of hydrogen-bond acceptors (Lipinski definition) is 7. The summed E-state index contributed by atoms with van der Waals surface area (Å²) in [6.07, 6.45) is 2.14. The third kappa shape index (κ3) is 4.98.